The first-order chi connectivity index (χ1) is 12.2. The van der Waals surface area contributed by atoms with Gasteiger partial charge in [0.15, 0.2) is 0 Å². The van der Waals surface area contributed by atoms with Gasteiger partial charge in [0.25, 0.3) is 0 Å². The lowest BCUT2D eigenvalue weighted by atomic mass is 10.2. The molecule has 2 N–H and O–H groups in total. The van der Waals surface area contributed by atoms with E-state index in [1.54, 1.807) is 7.11 Å². The van der Waals surface area contributed by atoms with Gasteiger partial charge in [-0.2, -0.15) is 0 Å². The maximum Gasteiger partial charge on any atom is 0.224 e. The van der Waals surface area contributed by atoms with Gasteiger partial charge >= 0.3 is 0 Å². The molecule has 3 rings (SSSR count). The van der Waals surface area contributed by atoms with Crippen LogP contribution in [0, 0.1) is 11.8 Å². The number of nitrogens with one attached hydrogen (secondary N) is 2. The van der Waals surface area contributed by atoms with Crippen LogP contribution in [0.25, 0.3) is 0 Å². The molecule has 2 aromatic rings. The molecule has 0 radical (unpaired) electrons. The minimum Gasteiger partial charge on any atom is -0.496 e. The molecule has 5 heteroatoms. The Balaban J connectivity index is 1.44. The summed E-state index contributed by atoms with van der Waals surface area (Å²) >= 11 is 0. The smallest absolute Gasteiger partial charge is 0.224 e. The van der Waals surface area contributed by atoms with Gasteiger partial charge in [0.05, 0.1) is 18.9 Å². The molecule has 2 amide bonds. The first-order valence-electron chi connectivity index (χ1n) is 8.40. The lowest BCUT2D eigenvalue weighted by molar-refractivity contribution is -0.127. The van der Waals surface area contributed by atoms with Crippen LogP contribution in [0.15, 0.2) is 54.6 Å². The highest BCUT2D eigenvalue weighted by molar-refractivity contribution is 5.92. The zero-order chi connectivity index (χ0) is 17.6. The Morgan fingerprint density at radius 3 is 2.20 bits per heavy atom. The van der Waals surface area contributed by atoms with Gasteiger partial charge in [-0.15, -0.1) is 0 Å². The highest BCUT2D eigenvalue weighted by Crippen LogP contribution is 2.39. The Morgan fingerprint density at radius 2 is 1.52 bits per heavy atom. The molecular formula is C20H22N2O3. The third-order valence-electron chi connectivity index (χ3n) is 4.42. The molecule has 5 nitrogen and oxygen atoms in total. The quantitative estimate of drug-likeness (QED) is 0.814. The van der Waals surface area contributed by atoms with E-state index in [4.69, 9.17) is 4.74 Å². The number of hydrogen-bond donors (Lipinski definition) is 2. The Labute approximate surface area is 147 Å². The number of rotatable bonds is 7. The van der Waals surface area contributed by atoms with Crippen LogP contribution in [0.3, 0.4) is 0 Å². The van der Waals surface area contributed by atoms with Crippen molar-refractivity contribution in [1.82, 2.24) is 10.6 Å². The molecule has 0 aromatic heterocycles. The predicted octanol–water partition coefficient (Wildman–Crippen LogP) is 2.26. The van der Waals surface area contributed by atoms with Crippen LogP contribution in [0.1, 0.15) is 17.5 Å². The molecule has 130 valence electrons. The number of ether oxygens (including phenoxy) is 1. The maximum absolute atomic E-state index is 12.2. The third-order valence-corrected chi connectivity index (χ3v) is 4.42. The fraction of sp³-hybridized carbons (Fsp3) is 0.300. The van der Waals surface area contributed by atoms with Crippen LogP contribution >= 0.6 is 0 Å². The van der Waals surface area contributed by atoms with Crippen molar-refractivity contribution in [3.63, 3.8) is 0 Å². The first kappa shape index (κ1) is 17.0. The number of para-hydroxylation sites is 1. The van der Waals surface area contributed by atoms with Crippen molar-refractivity contribution < 1.29 is 14.3 Å². The largest absolute Gasteiger partial charge is 0.496 e. The van der Waals surface area contributed by atoms with Crippen molar-refractivity contribution in [3.8, 4) is 5.75 Å². The average molecular weight is 338 g/mol. The summed E-state index contributed by atoms with van der Waals surface area (Å²) in [5.41, 5.74) is 1.97. The Hall–Kier alpha value is -2.82. The zero-order valence-electron chi connectivity index (χ0n) is 14.2. The van der Waals surface area contributed by atoms with E-state index in [1.165, 1.54) is 0 Å². The van der Waals surface area contributed by atoms with E-state index in [2.05, 4.69) is 10.6 Å². The number of benzene rings is 2. The minimum absolute atomic E-state index is 0.0544. The molecule has 1 aliphatic rings. The standard InChI is InChI=1S/C20H22N2O3/c1-25-18-10-6-5-9-15(18)13-22-20(24)17-11-16(17)19(23)21-12-14-7-3-2-4-8-14/h2-10,16-17H,11-13H2,1H3,(H,21,23)(H,22,24). The summed E-state index contributed by atoms with van der Waals surface area (Å²) in [5, 5.41) is 5.79. The van der Waals surface area contributed by atoms with Crippen LogP contribution in [0.4, 0.5) is 0 Å². The Bertz CT molecular complexity index is 746. The van der Waals surface area contributed by atoms with Gasteiger partial charge in [0.1, 0.15) is 5.75 Å². The number of amides is 2. The van der Waals surface area contributed by atoms with Crippen LogP contribution in [0.2, 0.25) is 0 Å². The molecule has 1 aliphatic carbocycles. The molecule has 0 spiro atoms. The van der Waals surface area contributed by atoms with Gasteiger partial charge in [-0.3, -0.25) is 9.59 Å². The van der Waals surface area contributed by atoms with E-state index in [0.717, 1.165) is 16.9 Å². The number of hydrogen-bond acceptors (Lipinski definition) is 3. The zero-order valence-corrected chi connectivity index (χ0v) is 14.2. The Morgan fingerprint density at radius 1 is 0.920 bits per heavy atom. The first-order valence-corrected chi connectivity index (χ1v) is 8.40. The molecule has 2 aromatic carbocycles. The summed E-state index contributed by atoms with van der Waals surface area (Å²) in [4.78, 5) is 24.4. The fourth-order valence-corrected chi connectivity index (χ4v) is 2.85. The van der Waals surface area contributed by atoms with Gasteiger partial charge in [-0.05, 0) is 18.1 Å². The molecule has 25 heavy (non-hydrogen) atoms. The topological polar surface area (TPSA) is 67.4 Å². The number of carbonyl (C=O) groups excluding carboxylic acids is 2. The lowest BCUT2D eigenvalue weighted by Crippen LogP contribution is -2.29. The molecule has 1 fully saturated rings. The van der Waals surface area contributed by atoms with E-state index in [-0.39, 0.29) is 23.7 Å². The molecule has 0 heterocycles. The van der Waals surface area contributed by atoms with E-state index in [9.17, 15) is 9.59 Å². The van der Waals surface area contributed by atoms with Crippen molar-refractivity contribution in [2.45, 2.75) is 19.5 Å². The molecule has 1 saturated carbocycles. The van der Waals surface area contributed by atoms with Crippen molar-refractivity contribution in [3.05, 3.63) is 65.7 Å². The monoisotopic (exact) mass is 338 g/mol. The summed E-state index contributed by atoms with van der Waals surface area (Å²) in [6.45, 7) is 0.892. The molecule has 2 atom stereocenters. The highest BCUT2D eigenvalue weighted by Gasteiger charge is 2.47. The summed E-state index contributed by atoms with van der Waals surface area (Å²) in [7, 11) is 1.61. The summed E-state index contributed by atoms with van der Waals surface area (Å²) < 4.78 is 5.27. The Kier molecular flexibility index (Phi) is 5.33. The molecule has 0 bridgehead atoms. The molecule has 0 aliphatic heterocycles. The lowest BCUT2D eigenvalue weighted by Gasteiger charge is -2.09. The van der Waals surface area contributed by atoms with Crippen molar-refractivity contribution in [2.24, 2.45) is 11.8 Å². The second kappa shape index (κ2) is 7.83. The predicted molar refractivity (Wildman–Crippen MR) is 94.7 cm³/mol. The van der Waals surface area contributed by atoms with Crippen molar-refractivity contribution in [2.75, 3.05) is 7.11 Å². The van der Waals surface area contributed by atoms with E-state index in [0.29, 0.717) is 19.5 Å². The highest BCUT2D eigenvalue weighted by atomic mass is 16.5. The second-order valence-electron chi connectivity index (χ2n) is 6.18. The van der Waals surface area contributed by atoms with Crippen molar-refractivity contribution >= 4 is 11.8 Å². The van der Waals surface area contributed by atoms with Gasteiger partial charge in [-0.25, -0.2) is 0 Å². The summed E-state index contributed by atoms with van der Waals surface area (Å²) in [6.07, 6.45) is 0.610. The van der Waals surface area contributed by atoms with Crippen LogP contribution in [0.5, 0.6) is 5.75 Å². The fourth-order valence-electron chi connectivity index (χ4n) is 2.85. The number of methoxy groups -OCH3 is 1. The SMILES string of the molecule is COc1ccccc1CNC(=O)C1CC1C(=O)NCc1ccccc1. The van der Waals surface area contributed by atoms with Gasteiger partial charge in [0, 0.05) is 18.7 Å². The van der Waals surface area contributed by atoms with Crippen molar-refractivity contribution in [1.29, 1.82) is 0 Å². The van der Waals surface area contributed by atoms with E-state index < -0.39 is 0 Å². The summed E-state index contributed by atoms with van der Waals surface area (Å²) in [6, 6.07) is 17.3. The molecule has 0 saturated heterocycles. The molecular weight excluding hydrogens is 316 g/mol. The van der Waals surface area contributed by atoms with Gasteiger partial charge in [-0.1, -0.05) is 48.5 Å². The minimum atomic E-state index is -0.231. The van der Waals surface area contributed by atoms with Crippen LogP contribution in [-0.2, 0) is 22.7 Å². The second-order valence-corrected chi connectivity index (χ2v) is 6.18. The van der Waals surface area contributed by atoms with E-state index >= 15 is 0 Å². The summed E-state index contributed by atoms with van der Waals surface area (Å²) in [5.74, 6) is 0.162. The maximum atomic E-state index is 12.2. The third kappa shape index (κ3) is 4.38. The number of carbonyl (C=O) groups is 2. The molecule has 2 unspecified atom stereocenters. The van der Waals surface area contributed by atoms with Gasteiger partial charge < -0.3 is 15.4 Å². The average Bonchev–Trinajstić information content (AvgIpc) is 3.46. The van der Waals surface area contributed by atoms with Crippen LogP contribution in [-0.4, -0.2) is 18.9 Å². The van der Waals surface area contributed by atoms with Gasteiger partial charge in [0.2, 0.25) is 11.8 Å². The van der Waals surface area contributed by atoms with E-state index in [1.807, 2.05) is 54.6 Å². The normalized spacial score (nSPS) is 18.3. The van der Waals surface area contributed by atoms with Crippen LogP contribution < -0.4 is 15.4 Å².